The van der Waals surface area contributed by atoms with Crippen LogP contribution in [0.15, 0.2) is 66.9 Å². The molecule has 0 aliphatic carbocycles. The van der Waals surface area contributed by atoms with Crippen LogP contribution >= 0.6 is 0 Å². The predicted octanol–water partition coefficient (Wildman–Crippen LogP) is 3.22. The SMILES string of the molecule is CCNC(=O)[C@@H](C)OC(=O)c1cn(-c2ccccc2)nc1-c1ccccc1. The molecule has 2 aromatic carbocycles. The third-order valence-electron chi connectivity index (χ3n) is 4.01. The summed E-state index contributed by atoms with van der Waals surface area (Å²) < 4.78 is 6.99. The Balaban J connectivity index is 1.96. The molecule has 1 amide bonds. The molecule has 6 nitrogen and oxygen atoms in total. The van der Waals surface area contributed by atoms with Gasteiger partial charge in [0, 0.05) is 18.3 Å². The summed E-state index contributed by atoms with van der Waals surface area (Å²) in [5.41, 5.74) is 2.43. The van der Waals surface area contributed by atoms with Crippen LogP contribution in [0.1, 0.15) is 24.2 Å². The summed E-state index contributed by atoms with van der Waals surface area (Å²) in [6.45, 7) is 3.83. The third kappa shape index (κ3) is 4.23. The second kappa shape index (κ2) is 8.31. The molecule has 0 aliphatic rings. The van der Waals surface area contributed by atoms with Crippen LogP contribution < -0.4 is 5.32 Å². The van der Waals surface area contributed by atoms with E-state index in [1.54, 1.807) is 17.8 Å². The lowest BCUT2D eigenvalue weighted by molar-refractivity contribution is -0.128. The van der Waals surface area contributed by atoms with Gasteiger partial charge in [0.05, 0.1) is 5.69 Å². The second-order valence-corrected chi connectivity index (χ2v) is 5.98. The number of nitrogens with one attached hydrogen (secondary N) is 1. The van der Waals surface area contributed by atoms with E-state index in [0.717, 1.165) is 11.3 Å². The number of hydrogen-bond acceptors (Lipinski definition) is 4. The van der Waals surface area contributed by atoms with Gasteiger partial charge in [-0.3, -0.25) is 4.79 Å². The van der Waals surface area contributed by atoms with Crippen molar-refractivity contribution in [1.29, 1.82) is 0 Å². The van der Waals surface area contributed by atoms with Gasteiger partial charge in [-0.25, -0.2) is 9.48 Å². The van der Waals surface area contributed by atoms with Crippen LogP contribution in [0.4, 0.5) is 0 Å². The first-order valence-electron chi connectivity index (χ1n) is 8.79. The van der Waals surface area contributed by atoms with Crippen molar-refractivity contribution in [3.8, 4) is 16.9 Å². The van der Waals surface area contributed by atoms with Gasteiger partial charge in [0.2, 0.25) is 0 Å². The zero-order chi connectivity index (χ0) is 19.2. The largest absolute Gasteiger partial charge is 0.449 e. The molecule has 6 heteroatoms. The maximum absolute atomic E-state index is 12.7. The number of hydrogen-bond donors (Lipinski definition) is 1. The Morgan fingerprint density at radius 2 is 1.70 bits per heavy atom. The topological polar surface area (TPSA) is 73.2 Å². The van der Waals surface area contributed by atoms with Gasteiger partial charge in [0.25, 0.3) is 5.91 Å². The quantitative estimate of drug-likeness (QED) is 0.683. The minimum absolute atomic E-state index is 0.307. The summed E-state index contributed by atoms with van der Waals surface area (Å²) in [4.78, 5) is 24.6. The van der Waals surface area contributed by atoms with Crippen LogP contribution in [0.2, 0.25) is 0 Å². The molecule has 0 saturated heterocycles. The van der Waals surface area contributed by atoms with Gasteiger partial charge in [-0.2, -0.15) is 5.10 Å². The number of carbonyl (C=O) groups excluding carboxylic acids is 2. The van der Waals surface area contributed by atoms with E-state index in [2.05, 4.69) is 10.4 Å². The van der Waals surface area contributed by atoms with Crippen LogP contribution in [0.25, 0.3) is 16.9 Å². The molecule has 0 saturated carbocycles. The Morgan fingerprint density at radius 1 is 1.07 bits per heavy atom. The molecule has 3 aromatic rings. The Labute approximate surface area is 157 Å². The van der Waals surface area contributed by atoms with E-state index in [1.165, 1.54) is 0 Å². The number of para-hydroxylation sites is 1. The number of ether oxygens (including phenoxy) is 1. The molecular formula is C21H21N3O3. The first kappa shape index (κ1) is 18.4. The number of carbonyl (C=O) groups is 2. The number of rotatable bonds is 6. The zero-order valence-corrected chi connectivity index (χ0v) is 15.3. The van der Waals surface area contributed by atoms with E-state index in [4.69, 9.17) is 4.74 Å². The minimum atomic E-state index is -0.888. The van der Waals surface area contributed by atoms with Crippen molar-refractivity contribution in [2.75, 3.05) is 6.54 Å². The summed E-state index contributed by atoms with van der Waals surface area (Å²) in [5, 5.41) is 7.22. The van der Waals surface area contributed by atoms with Crippen molar-refractivity contribution < 1.29 is 14.3 Å². The third-order valence-corrected chi connectivity index (χ3v) is 4.01. The Morgan fingerprint density at radius 3 is 2.33 bits per heavy atom. The maximum Gasteiger partial charge on any atom is 0.342 e. The number of likely N-dealkylation sites (N-methyl/N-ethyl adjacent to an activating group) is 1. The Bertz CT molecular complexity index is 920. The Kier molecular flexibility index (Phi) is 5.66. The highest BCUT2D eigenvalue weighted by Gasteiger charge is 2.24. The van der Waals surface area contributed by atoms with Crippen molar-refractivity contribution in [2.24, 2.45) is 0 Å². The first-order chi connectivity index (χ1) is 13.1. The average Bonchev–Trinajstić information content (AvgIpc) is 3.15. The fourth-order valence-corrected chi connectivity index (χ4v) is 2.64. The number of benzene rings is 2. The highest BCUT2D eigenvalue weighted by atomic mass is 16.5. The van der Waals surface area contributed by atoms with Crippen molar-refractivity contribution in [2.45, 2.75) is 20.0 Å². The van der Waals surface area contributed by atoms with E-state index in [9.17, 15) is 9.59 Å². The van der Waals surface area contributed by atoms with Gasteiger partial charge in [0.15, 0.2) is 6.10 Å². The number of amides is 1. The van der Waals surface area contributed by atoms with E-state index in [-0.39, 0.29) is 5.91 Å². The van der Waals surface area contributed by atoms with Crippen LogP contribution in [-0.4, -0.2) is 34.3 Å². The van der Waals surface area contributed by atoms with E-state index in [0.29, 0.717) is 17.8 Å². The molecule has 0 unspecified atom stereocenters. The van der Waals surface area contributed by atoms with Gasteiger partial charge >= 0.3 is 5.97 Å². The lowest BCUT2D eigenvalue weighted by atomic mass is 10.1. The summed E-state index contributed by atoms with van der Waals surface area (Å²) in [5.74, 6) is -0.919. The minimum Gasteiger partial charge on any atom is -0.449 e. The smallest absolute Gasteiger partial charge is 0.342 e. The molecule has 27 heavy (non-hydrogen) atoms. The van der Waals surface area contributed by atoms with Crippen molar-refractivity contribution >= 4 is 11.9 Å². The van der Waals surface area contributed by atoms with Crippen LogP contribution in [0.5, 0.6) is 0 Å². The first-order valence-corrected chi connectivity index (χ1v) is 8.79. The lowest BCUT2D eigenvalue weighted by Crippen LogP contribution is -2.35. The van der Waals surface area contributed by atoms with Crippen molar-refractivity contribution in [1.82, 2.24) is 15.1 Å². The monoisotopic (exact) mass is 363 g/mol. The molecule has 1 aromatic heterocycles. The molecule has 1 N–H and O–H groups in total. The molecule has 0 radical (unpaired) electrons. The van der Waals surface area contributed by atoms with Gasteiger partial charge in [-0.1, -0.05) is 48.5 Å². The second-order valence-electron chi connectivity index (χ2n) is 5.98. The van der Waals surface area contributed by atoms with Crippen molar-refractivity contribution in [3.05, 3.63) is 72.4 Å². The van der Waals surface area contributed by atoms with E-state index in [1.807, 2.05) is 67.6 Å². The predicted molar refractivity (Wildman–Crippen MR) is 103 cm³/mol. The van der Waals surface area contributed by atoms with E-state index < -0.39 is 12.1 Å². The molecule has 0 aliphatic heterocycles. The Hall–Kier alpha value is -3.41. The highest BCUT2D eigenvalue weighted by molar-refractivity contribution is 5.97. The zero-order valence-electron chi connectivity index (χ0n) is 15.3. The molecule has 0 fully saturated rings. The number of nitrogens with zero attached hydrogens (tertiary/aromatic N) is 2. The highest BCUT2D eigenvalue weighted by Crippen LogP contribution is 2.24. The normalized spacial score (nSPS) is 11.6. The average molecular weight is 363 g/mol. The summed E-state index contributed by atoms with van der Waals surface area (Å²) in [7, 11) is 0. The molecular weight excluding hydrogens is 342 g/mol. The van der Waals surface area contributed by atoms with E-state index >= 15 is 0 Å². The van der Waals surface area contributed by atoms with Crippen LogP contribution in [-0.2, 0) is 9.53 Å². The molecule has 0 bridgehead atoms. The summed E-state index contributed by atoms with van der Waals surface area (Å²) >= 11 is 0. The maximum atomic E-state index is 12.7. The van der Waals surface area contributed by atoms with Gasteiger partial charge < -0.3 is 10.1 Å². The number of aromatic nitrogens is 2. The van der Waals surface area contributed by atoms with Crippen LogP contribution in [0.3, 0.4) is 0 Å². The lowest BCUT2D eigenvalue weighted by Gasteiger charge is -2.12. The molecule has 3 rings (SSSR count). The molecule has 0 spiro atoms. The molecule has 138 valence electrons. The standard InChI is InChI=1S/C21H21N3O3/c1-3-22-20(25)15(2)27-21(26)18-14-24(17-12-8-5-9-13-17)23-19(18)16-10-6-4-7-11-16/h4-15H,3H2,1-2H3,(H,22,25)/t15-/m1/s1. The summed E-state index contributed by atoms with van der Waals surface area (Å²) in [6, 6.07) is 18.9. The van der Waals surface area contributed by atoms with Crippen molar-refractivity contribution in [3.63, 3.8) is 0 Å². The summed E-state index contributed by atoms with van der Waals surface area (Å²) in [6.07, 6.45) is 0.742. The fourth-order valence-electron chi connectivity index (χ4n) is 2.64. The number of esters is 1. The fraction of sp³-hybridized carbons (Fsp3) is 0.190. The van der Waals surface area contributed by atoms with Crippen LogP contribution in [0, 0.1) is 0 Å². The van der Waals surface area contributed by atoms with Gasteiger partial charge in [-0.05, 0) is 26.0 Å². The molecule has 1 heterocycles. The van der Waals surface area contributed by atoms with Gasteiger partial charge in [0.1, 0.15) is 11.3 Å². The van der Waals surface area contributed by atoms with Gasteiger partial charge in [-0.15, -0.1) is 0 Å². The molecule has 1 atom stereocenters.